The molecule has 1 aromatic heterocycles. The minimum Gasteiger partial charge on any atom is -0.478 e. The number of aromatic carboxylic acids is 1. The summed E-state index contributed by atoms with van der Waals surface area (Å²) in [4.78, 5) is 34.8. The highest BCUT2D eigenvalue weighted by molar-refractivity contribution is 5.88. The molecule has 0 aliphatic heterocycles. The van der Waals surface area contributed by atoms with Crippen LogP contribution in [0.25, 0.3) is 11.1 Å². The summed E-state index contributed by atoms with van der Waals surface area (Å²) in [6.45, 7) is 2.01. The van der Waals surface area contributed by atoms with Gasteiger partial charge in [-0.2, -0.15) is 4.91 Å². The van der Waals surface area contributed by atoms with Crippen molar-refractivity contribution in [3.8, 4) is 11.1 Å². The van der Waals surface area contributed by atoms with Crippen molar-refractivity contribution in [3.63, 3.8) is 0 Å². The van der Waals surface area contributed by atoms with E-state index in [1.54, 1.807) is 25.4 Å². The highest BCUT2D eigenvalue weighted by atomic mass is 19.1. The van der Waals surface area contributed by atoms with E-state index in [0.29, 0.717) is 17.5 Å². The molecule has 4 aromatic rings. The molecule has 0 aliphatic carbocycles. The maximum atomic E-state index is 14.2. The highest BCUT2D eigenvalue weighted by Gasteiger charge is 2.24. The molecule has 36 heavy (non-hydrogen) atoms. The highest BCUT2D eigenvalue weighted by Crippen LogP contribution is 2.37. The first-order valence-electron chi connectivity index (χ1n) is 11.5. The quantitative estimate of drug-likeness (QED) is 0.300. The first-order valence-corrected chi connectivity index (χ1v) is 11.5. The fraction of sp³-hybridized carbons (Fsp3) is 0.172. The standard InChI is InChI=1S/C29H25FN2O4/c1-18-5-3-4-6-23(18)25(16-27(31-36)22-12-14-28(33)32(2)17-22)20-9-7-19(8-10-20)21-11-13-24(29(34)35)26(30)15-21/h3-15,17,25,27H,16H2,1-2H3,(H,34,35). The lowest BCUT2D eigenvalue weighted by molar-refractivity contribution is 0.0692. The van der Waals surface area contributed by atoms with E-state index in [2.05, 4.69) is 5.18 Å². The average Bonchev–Trinajstić information content (AvgIpc) is 2.87. The number of aromatic nitrogens is 1. The maximum Gasteiger partial charge on any atom is 0.338 e. The Hall–Kier alpha value is -4.39. The second kappa shape index (κ2) is 10.5. The van der Waals surface area contributed by atoms with E-state index in [-0.39, 0.29) is 17.0 Å². The first kappa shape index (κ1) is 24.7. The summed E-state index contributed by atoms with van der Waals surface area (Å²) in [6, 6.07) is 22.0. The molecule has 182 valence electrons. The number of benzene rings is 3. The average molecular weight is 485 g/mol. The zero-order chi connectivity index (χ0) is 25.8. The fourth-order valence-corrected chi connectivity index (χ4v) is 4.47. The van der Waals surface area contributed by atoms with Gasteiger partial charge in [-0.05, 0) is 64.9 Å². The molecule has 0 amide bonds. The molecule has 6 nitrogen and oxygen atoms in total. The van der Waals surface area contributed by atoms with E-state index in [9.17, 15) is 18.9 Å². The van der Waals surface area contributed by atoms with Gasteiger partial charge in [-0.25, -0.2) is 9.18 Å². The molecule has 3 aromatic carbocycles. The Morgan fingerprint density at radius 1 is 0.972 bits per heavy atom. The van der Waals surface area contributed by atoms with Crippen LogP contribution < -0.4 is 5.56 Å². The van der Waals surface area contributed by atoms with Crippen LogP contribution in [0.1, 0.15) is 51.0 Å². The molecule has 4 rings (SSSR count). The maximum absolute atomic E-state index is 14.2. The van der Waals surface area contributed by atoms with Crippen LogP contribution in [0.2, 0.25) is 0 Å². The van der Waals surface area contributed by atoms with E-state index in [1.807, 2.05) is 55.5 Å². The topological polar surface area (TPSA) is 88.7 Å². The predicted molar refractivity (Wildman–Crippen MR) is 137 cm³/mol. The minimum absolute atomic E-state index is 0.161. The lowest BCUT2D eigenvalue weighted by atomic mass is 9.82. The molecule has 0 spiro atoms. The lowest BCUT2D eigenvalue weighted by Crippen LogP contribution is -2.16. The number of pyridine rings is 1. The number of carboxylic acids is 1. The van der Waals surface area contributed by atoms with Crippen molar-refractivity contribution >= 4 is 5.97 Å². The number of carboxylic acid groups (broad SMARTS) is 1. The fourth-order valence-electron chi connectivity index (χ4n) is 4.47. The molecule has 0 aliphatic rings. The minimum atomic E-state index is -1.31. The van der Waals surface area contributed by atoms with Gasteiger partial charge in [0, 0.05) is 25.2 Å². The van der Waals surface area contributed by atoms with Crippen molar-refractivity contribution in [2.75, 3.05) is 0 Å². The van der Waals surface area contributed by atoms with Gasteiger partial charge in [-0.1, -0.05) is 59.8 Å². The summed E-state index contributed by atoms with van der Waals surface area (Å²) in [5.41, 5.74) is 4.51. The van der Waals surface area contributed by atoms with Crippen molar-refractivity contribution in [1.82, 2.24) is 4.57 Å². The van der Waals surface area contributed by atoms with Gasteiger partial charge >= 0.3 is 5.97 Å². The van der Waals surface area contributed by atoms with Gasteiger partial charge in [-0.15, -0.1) is 0 Å². The van der Waals surface area contributed by atoms with E-state index in [1.165, 1.54) is 22.8 Å². The van der Waals surface area contributed by atoms with Crippen molar-refractivity contribution < 1.29 is 14.3 Å². The molecule has 0 bridgehead atoms. The molecule has 0 radical (unpaired) electrons. The van der Waals surface area contributed by atoms with Crippen LogP contribution in [-0.2, 0) is 7.05 Å². The third-order valence-electron chi connectivity index (χ3n) is 6.49. The molecule has 0 fully saturated rings. The van der Waals surface area contributed by atoms with E-state index < -0.39 is 17.8 Å². The summed E-state index contributed by atoms with van der Waals surface area (Å²) in [5, 5.41) is 12.5. The largest absolute Gasteiger partial charge is 0.478 e. The van der Waals surface area contributed by atoms with Gasteiger partial charge in [-0.3, -0.25) is 4.79 Å². The van der Waals surface area contributed by atoms with E-state index in [0.717, 1.165) is 22.3 Å². The Balaban J connectivity index is 1.71. The molecule has 2 unspecified atom stereocenters. The number of aryl methyl sites for hydroxylation is 2. The lowest BCUT2D eigenvalue weighted by Gasteiger charge is -2.23. The number of hydrogen-bond donors (Lipinski definition) is 1. The van der Waals surface area contributed by atoms with Crippen LogP contribution in [0.4, 0.5) is 4.39 Å². The monoisotopic (exact) mass is 484 g/mol. The van der Waals surface area contributed by atoms with Crippen molar-refractivity contribution in [2.24, 2.45) is 12.2 Å². The Morgan fingerprint density at radius 2 is 1.64 bits per heavy atom. The molecule has 1 N–H and O–H groups in total. The first-order chi connectivity index (χ1) is 17.3. The number of rotatable bonds is 8. The van der Waals surface area contributed by atoms with Crippen LogP contribution in [-0.4, -0.2) is 15.6 Å². The van der Waals surface area contributed by atoms with Gasteiger partial charge in [0.05, 0.1) is 5.56 Å². The van der Waals surface area contributed by atoms with E-state index >= 15 is 0 Å². The zero-order valence-corrected chi connectivity index (χ0v) is 19.9. The van der Waals surface area contributed by atoms with Crippen molar-refractivity contribution in [1.29, 1.82) is 0 Å². The summed E-state index contributed by atoms with van der Waals surface area (Å²) < 4.78 is 15.6. The molecule has 1 heterocycles. The third-order valence-corrected chi connectivity index (χ3v) is 6.49. The number of nitrogens with zero attached hydrogens (tertiary/aromatic N) is 2. The van der Waals surface area contributed by atoms with Crippen LogP contribution in [0.5, 0.6) is 0 Å². The zero-order valence-electron chi connectivity index (χ0n) is 19.9. The number of halogens is 1. The van der Waals surface area contributed by atoms with E-state index in [4.69, 9.17) is 5.11 Å². The third kappa shape index (κ3) is 5.15. The van der Waals surface area contributed by atoms with Gasteiger partial charge in [0.1, 0.15) is 11.9 Å². The molecular formula is C29H25FN2O4. The van der Waals surface area contributed by atoms with Gasteiger partial charge in [0.25, 0.3) is 0 Å². The number of carbonyl (C=O) groups is 1. The normalized spacial score (nSPS) is 12.6. The number of nitroso groups, excluding NO2 is 1. The van der Waals surface area contributed by atoms with Crippen LogP contribution in [0, 0.1) is 17.6 Å². The molecular weight excluding hydrogens is 459 g/mol. The van der Waals surface area contributed by atoms with Gasteiger partial charge in [0.2, 0.25) is 5.56 Å². The second-order valence-electron chi connectivity index (χ2n) is 8.80. The summed E-state index contributed by atoms with van der Waals surface area (Å²) in [6.07, 6.45) is 2.04. The van der Waals surface area contributed by atoms with Crippen LogP contribution in [0.15, 0.2) is 95.0 Å². The SMILES string of the molecule is Cc1ccccc1C(CC(N=O)c1ccc(=O)n(C)c1)c1ccc(-c2ccc(C(=O)O)c(F)c2)cc1. The summed E-state index contributed by atoms with van der Waals surface area (Å²) in [5.74, 6) is -2.27. The molecule has 0 saturated heterocycles. The molecule has 7 heteroatoms. The van der Waals surface area contributed by atoms with Crippen LogP contribution >= 0.6 is 0 Å². The van der Waals surface area contributed by atoms with Crippen molar-refractivity contribution in [2.45, 2.75) is 25.3 Å². The molecule has 2 atom stereocenters. The van der Waals surface area contributed by atoms with Crippen LogP contribution in [0.3, 0.4) is 0 Å². The van der Waals surface area contributed by atoms with Gasteiger partial charge in [0.15, 0.2) is 0 Å². The summed E-state index contributed by atoms with van der Waals surface area (Å²) >= 11 is 0. The van der Waals surface area contributed by atoms with Crippen molar-refractivity contribution in [3.05, 3.63) is 134 Å². The Labute approximate surface area is 207 Å². The Bertz CT molecular complexity index is 1480. The summed E-state index contributed by atoms with van der Waals surface area (Å²) in [7, 11) is 1.64. The Morgan fingerprint density at radius 3 is 2.25 bits per heavy atom. The smallest absolute Gasteiger partial charge is 0.338 e. The number of hydrogen-bond acceptors (Lipinski definition) is 4. The van der Waals surface area contributed by atoms with Gasteiger partial charge < -0.3 is 9.67 Å². The predicted octanol–water partition coefficient (Wildman–Crippen LogP) is 6.23. The Kier molecular flexibility index (Phi) is 7.20. The molecule has 0 saturated carbocycles. The second-order valence-corrected chi connectivity index (χ2v) is 8.80.